The van der Waals surface area contributed by atoms with E-state index in [9.17, 15) is 14.4 Å². The Morgan fingerprint density at radius 2 is 1.95 bits per heavy atom. The number of carbonyl (C=O) groups is 3. The van der Waals surface area contributed by atoms with Gasteiger partial charge >= 0.3 is 12.0 Å². The Balaban J connectivity index is 2.49. The molecule has 5 N–H and O–H groups in total. The zero-order valence-corrected chi connectivity index (χ0v) is 11.2. The topological polar surface area (TPSA) is 122 Å². The molecule has 3 amide bonds. The second-order valence-corrected chi connectivity index (χ2v) is 5.20. The van der Waals surface area contributed by atoms with Crippen LogP contribution in [0.25, 0.3) is 0 Å². The standard InChI is InChI=1S/C12H21N3O4/c1-6-3-4-8(7(6)2)14-12(19)15-9(11(17)18)5-10(13)16/h6-9H,3-5H2,1-2H3,(H2,13,16)(H,17,18)(H2,14,15,19)/t6?,7?,8?,9-/m0/s1. The maximum absolute atomic E-state index is 11.7. The van der Waals surface area contributed by atoms with Crippen LogP contribution in [0.3, 0.4) is 0 Å². The van der Waals surface area contributed by atoms with Gasteiger partial charge in [0.05, 0.1) is 6.42 Å². The fourth-order valence-electron chi connectivity index (χ4n) is 2.34. The van der Waals surface area contributed by atoms with E-state index in [4.69, 9.17) is 10.8 Å². The van der Waals surface area contributed by atoms with E-state index in [0.29, 0.717) is 11.8 Å². The molecule has 108 valence electrons. The van der Waals surface area contributed by atoms with Crippen molar-refractivity contribution in [3.05, 3.63) is 0 Å². The average Bonchev–Trinajstić information content (AvgIpc) is 2.59. The SMILES string of the molecule is CC1CCC(NC(=O)N[C@@H](CC(N)=O)C(=O)O)C1C. The first-order chi connectivity index (χ1) is 8.81. The van der Waals surface area contributed by atoms with Crippen molar-refractivity contribution in [2.24, 2.45) is 17.6 Å². The van der Waals surface area contributed by atoms with Gasteiger partial charge in [-0.25, -0.2) is 9.59 Å². The maximum atomic E-state index is 11.7. The van der Waals surface area contributed by atoms with Crippen LogP contribution in [0.1, 0.15) is 33.1 Å². The van der Waals surface area contributed by atoms with Crippen molar-refractivity contribution in [1.29, 1.82) is 0 Å². The summed E-state index contributed by atoms with van der Waals surface area (Å²) in [6.45, 7) is 4.18. The van der Waals surface area contributed by atoms with Crippen LogP contribution in [-0.2, 0) is 9.59 Å². The molecule has 0 aliphatic heterocycles. The van der Waals surface area contributed by atoms with E-state index < -0.39 is 30.4 Å². The molecule has 0 aromatic heterocycles. The van der Waals surface area contributed by atoms with Crippen LogP contribution >= 0.6 is 0 Å². The Kier molecular flexibility index (Phi) is 5.14. The highest BCUT2D eigenvalue weighted by Gasteiger charge is 2.31. The molecule has 7 heteroatoms. The van der Waals surface area contributed by atoms with Crippen LogP contribution in [-0.4, -0.2) is 35.1 Å². The fourth-order valence-corrected chi connectivity index (χ4v) is 2.34. The van der Waals surface area contributed by atoms with Gasteiger partial charge in [-0.2, -0.15) is 0 Å². The summed E-state index contributed by atoms with van der Waals surface area (Å²) in [4.78, 5) is 33.3. The van der Waals surface area contributed by atoms with Gasteiger partial charge in [-0.3, -0.25) is 4.79 Å². The Bertz CT molecular complexity index is 372. The number of nitrogens with one attached hydrogen (secondary N) is 2. The molecule has 3 unspecified atom stereocenters. The number of hydrogen-bond acceptors (Lipinski definition) is 3. The number of carboxylic acids is 1. The lowest BCUT2D eigenvalue weighted by atomic mass is 9.98. The van der Waals surface area contributed by atoms with Crippen molar-refractivity contribution in [3.8, 4) is 0 Å². The summed E-state index contributed by atoms with van der Waals surface area (Å²) in [6.07, 6.45) is 1.50. The fraction of sp³-hybridized carbons (Fsp3) is 0.750. The first-order valence-corrected chi connectivity index (χ1v) is 6.39. The average molecular weight is 271 g/mol. The lowest BCUT2D eigenvalue weighted by Crippen LogP contribution is -2.50. The van der Waals surface area contributed by atoms with Gasteiger partial charge in [0.2, 0.25) is 5.91 Å². The number of urea groups is 1. The highest BCUT2D eigenvalue weighted by atomic mass is 16.4. The Morgan fingerprint density at radius 3 is 2.37 bits per heavy atom. The van der Waals surface area contributed by atoms with E-state index in [0.717, 1.165) is 12.8 Å². The Labute approximate surface area is 111 Å². The molecular formula is C12H21N3O4. The number of hydrogen-bond donors (Lipinski definition) is 4. The predicted octanol–water partition coefficient (Wildman–Crippen LogP) is 0.0488. The van der Waals surface area contributed by atoms with E-state index >= 15 is 0 Å². The smallest absolute Gasteiger partial charge is 0.326 e. The first kappa shape index (κ1) is 15.3. The molecule has 0 saturated heterocycles. The van der Waals surface area contributed by atoms with Crippen molar-refractivity contribution in [2.45, 2.75) is 45.2 Å². The van der Waals surface area contributed by atoms with Gasteiger partial charge < -0.3 is 21.5 Å². The van der Waals surface area contributed by atoms with Crippen LogP contribution in [0.2, 0.25) is 0 Å². The third-order valence-electron chi connectivity index (χ3n) is 3.79. The summed E-state index contributed by atoms with van der Waals surface area (Å²) in [6, 6.07) is -1.82. The molecule has 4 atom stereocenters. The molecule has 0 radical (unpaired) electrons. The van der Waals surface area contributed by atoms with Gasteiger partial charge in [0.1, 0.15) is 6.04 Å². The zero-order chi connectivity index (χ0) is 14.6. The van der Waals surface area contributed by atoms with Crippen molar-refractivity contribution >= 4 is 17.9 Å². The van der Waals surface area contributed by atoms with E-state index in [2.05, 4.69) is 24.5 Å². The molecule has 19 heavy (non-hydrogen) atoms. The second-order valence-electron chi connectivity index (χ2n) is 5.20. The third kappa shape index (κ3) is 4.42. The van der Waals surface area contributed by atoms with Gasteiger partial charge in [-0.15, -0.1) is 0 Å². The van der Waals surface area contributed by atoms with Gasteiger partial charge in [0, 0.05) is 6.04 Å². The van der Waals surface area contributed by atoms with Gasteiger partial charge in [-0.1, -0.05) is 13.8 Å². The van der Waals surface area contributed by atoms with Gasteiger partial charge in [0.25, 0.3) is 0 Å². The summed E-state index contributed by atoms with van der Waals surface area (Å²) in [7, 11) is 0. The second kappa shape index (κ2) is 6.40. The summed E-state index contributed by atoms with van der Waals surface area (Å²) < 4.78 is 0. The molecule has 7 nitrogen and oxygen atoms in total. The van der Waals surface area contributed by atoms with Crippen molar-refractivity contribution in [1.82, 2.24) is 10.6 Å². The summed E-state index contributed by atoms with van der Waals surface area (Å²) >= 11 is 0. The third-order valence-corrected chi connectivity index (χ3v) is 3.79. The van der Waals surface area contributed by atoms with Gasteiger partial charge in [0.15, 0.2) is 0 Å². The monoisotopic (exact) mass is 271 g/mol. The minimum Gasteiger partial charge on any atom is -0.480 e. The molecule has 0 heterocycles. The molecule has 1 saturated carbocycles. The Morgan fingerprint density at radius 1 is 1.32 bits per heavy atom. The number of aliphatic carboxylic acids is 1. The Hall–Kier alpha value is -1.79. The lowest BCUT2D eigenvalue weighted by Gasteiger charge is -2.21. The zero-order valence-electron chi connectivity index (χ0n) is 11.2. The van der Waals surface area contributed by atoms with Crippen LogP contribution < -0.4 is 16.4 Å². The predicted molar refractivity (Wildman–Crippen MR) is 68.3 cm³/mol. The number of carboxylic acid groups (broad SMARTS) is 1. The molecule has 1 aliphatic carbocycles. The van der Waals surface area contributed by atoms with E-state index in [1.807, 2.05) is 0 Å². The van der Waals surface area contributed by atoms with E-state index in [-0.39, 0.29) is 6.04 Å². The summed E-state index contributed by atoms with van der Waals surface area (Å²) in [5, 5.41) is 13.9. The summed E-state index contributed by atoms with van der Waals surface area (Å²) in [5.41, 5.74) is 4.94. The van der Waals surface area contributed by atoms with Crippen molar-refractivity contribution < 1.29 is 19.5 Å². The van der Waals surface area contributed by atoms with Crippen LogP contribution in [0, 0.1) is 11.8 Å². The normalized spacial score (nSPS) is 27.6. The van der Waals surface area contributed by atoms with Crippen LogP contribution in [0.5, 0.6) is 0 Å². The van der Waals surface area contributed by atoms with Crippen molar-refractivity contribution in [2.75, 3.05) is 0 Å². The number of rotatable bonds is 5. The molecule has 0 aromatic rings. The minimum atomic E-state index is -1.29. The summed E-state index contributed by atoms with van der Waals surface area (Å²) in [5.74, 6) is -1.16. The van der Waals surface area contributed by atoms with Crippen molar-refractivity contribution in [3.63, 3.8) is 0 Å². The minimum absolute atomic E-state index is 0.0398. The highest BCUT2D eigenvalue weighted by molar-refractivity contribution is 5.87. The highest BCUT2D eigenvalue weighted by Crippen LogP contribution is 2.30. The molecular weight excluding hydrogens is 250 g/mol. The number of nitrogens with two attached hydrogens (primary N) is 1. The van der Waals surface area contributed by atoms with E-state index in [1.165, 1.54) is 0 Å². The maximum Gasteiger partial charge on any atom is 0.326 e. The van der Waals surface area contributed by atoms with Gasteiger partial charge in [-0.05, 0) is 24.7 Å². The van der Waals surface area contributed by atoms with E-state index in [1.54, 1.807) is 0 Å². The number of primary amides is 1. The molecule has 0 bridgehead atoms. The number of amides is 3. The molecule has 0 aromatic carbocycles. The lowest BCUT2D eigenvalue weighted by molar-refractivity contribution is -0.140. The molecule has 0 spiro atoms. The van der Waals surface area contributed by atoms with Crippen LogP contribution in [0.4, 0.5) is 4.79 Å². The first-order valence-electron chi connectivity index (χ1n) is 6.39. The largest absolute Gasteiger partial charge is 0.480 e. The number of carbonyl (C=O) groups excluding carboxylic acids is 2. The molecule has 1 fully saturated rings. The quantitative estimate of drug-likeness (QED) is 0.564. The molecule has 1 rings (SSSR count). The molecule has 1 aliphatic rings. The van der Waals surface area contributed by atoms with Crippen LogP contribution in [0.15, 0.2) is 0 Å².